The number of hydrogen-bond acceptors (Lipinski definition) is 4. The summed E-state index contributed by atoms with van der Waals surface area (Å²) in [7, 11) is 0. The minimum atomic E-state index is 0.401. The molecule has 2 heterocycles. The summed E-state index contributed by atoms with van der Waals surface area (Å²) in [6.07, 6.45) is 3.30. The number of H-pyrrole nitrogens is 1. The van der Waals surface area contributed by atoms with Crippen molar-refractivity contribution in [2.75, 3.05) is 5.73 Å². The number of fused-ring (bicyclic) bond motifs is 3. The highest BCUT2D eigenvalue weighted by molar-refractivity contribution is 6.00. The van der Waals surface area contributed by atoms with Gasteiger partial charge in [0, 0.05) is 12.4 Å². The molecule has 2 aromatic heterocycles. The number of nitrogen functional groups attached to an aromatic ring is 1. The maximum atomic E-state index is 5.57. The molecule has 1 aromatic carbocycles. The van der Waals surface area contributed by atoms with Crippen LogP contribution < -0.4 is 5.73 Å². The number of nitrogens with two attached hydrogens (primary N) is 1. The molecule has 0 saturated heterocycles. The number of benzene rings is 1. The Bertz CT molecular complexity index is 613. The van der Waals surface area contributed by atoms with E-state index in [-0.39, 0.29) is 0 Å². The van der Waals surface area contributed by atoms with E-state index in [1.54, 1.807) is 12.4 Å². The van der Waals surface area contributed by atoms with Crippen molar-refractivity contribution in [1.82, 2.24) is 19.9 Å². The number of aromatic nitrogens is 4. The molecule has 3 aromatic rings. The zero-order valence-corrected chi connectivity index (χ0v) is 7.23. The van der Waals surface area contributed by atoms with Crippen LogP contribution in [0.5, 0.6) is 0 Å². The van der Waals surface area contributed by atoms with Crippen LogP contribution in [-0.2, 0) is 0 Å². The average Bonchev–Trinajstić information content (AvgIpc) is 2.59. The molecule has 5 heteroatoms. The van der Waals surface area contributed by atoms with Crippen molar-refractivity contribution in [2.45, 2.75) is 0 Å². The fourth-order valence-electron chi connectivity index (χ4n) is 1.52. The van der Waals surface area contributed by atoms with E-state index < -0.39 is 0 Å². The van der Waals surface area contributed by atoms with E-state index in [1.165, 1.54) is 0 Å². The van der Waals surface area contributed by atoms with Crippen LogP contribution in [0.3, 0.4) is 0 Å². The van der Waals surface area contributed by atoms with E-state index >= 15 is 0 Å². The first-order chi connectivity index (χ1) is 6.84. The Hall–Kier alpha value is -2.17. The SMILES string of the molecule is Nc1nc2c(ccc3nccnc32)[nH]1. The van der Waals surface area contributed by atoms with Crippen LogP contribution >= 0.6 is 0 Å². The second kappa shape index (κ2) is 2.41. The van der Waals surface area contributed by atoms with Gasteiger partial charge in [0.25, 0.3) is 0 Å². The zero-order chi connectivity index (χ0) is 9.54. The van der Waals surface area contributed by atoms with Crippen LogP contribution in [0.1, 0.15) is 0 Å². The minimum absolute atomic E-state index is 0.401. The number of anilines is 1. The Morgan fingerprint density at radius 1 is 1.07 bits per heavy atom. The molecular weight excluding hydrogens is 178 g/mol. The van der Waals surface area contributed by atoms with Crippen molar-refractivity contribution >= 4 is 28.0 Å². The van der Waals surface area contributed by atoms with Crippen LogP contribution in [-0.4, -0.2) is 19.9 Å². The summed E-state index contributed by atoms with van der Waals surface area (Å²) in [6, 6.07) is 3.79. The van der Waals surface area contributed by atoms with E-state index in [4.69, 9.17) is 5.73 Å². The van der Waals surface area contributed by atoms with Gasteiger partial charge in [-0.2, -0.15) is 0 Å². The number of rotatable bonds is 0. The molecule has 3 rings (SSSR count). The second-order valence-corrected chi connectivity index (χ2v) is 3.01. The topological polar surface area (TPSA) is 80.5 Å². The van der Waals surface area contributed by atoms with E-state index in [0.29, 0.717) is 5.95 Å². The Kier molecular flexibility index (Phi) is 1.25. The minimum Gasteiger partial charge on any atom is -0.369 e. The Balaban J connectivity index is 2.60. The normalized spacial score (nSPS) is 11.1. The standard InChI is InChI=1S/C9H7N5/c10-9-13-6-2-1-5-7(8(6)14-9)12-4-3-11-5/h1-4H,(H3,10,13,14). The molecule has 0 unspecified atom stereocenters. The Labute approximate surface area is 79.0 Å². The molecule has 0 aliphatic carbocycles. The van der Waals surface area contributed by atoms with E-state index in [0.717, 1.165) is 22.1 Å². The number of imidazole rings is 1. The number of aromatic amines is 1. The number of hydrogen-bond donors (Lipinski definition) is 2. The fourth-order valence-corrected chi connectivity index (χ4v) is 1.52. The lowest BCUT2D eigenvalue weighted by Crippen LogP contribution is -1.85. The number of nitrogens with one attached hydrogen (secondary N) is 1. The van der Waals surface area contributed by atoms with Gasteiger partial charge in [-0.25, -0.2) is 4.98 Å². The molecule has 0 aliphatic rings. The smallest absolute Gasteiger partial charge is 0.198 e. The summed E-state index contributed by atoms with van der Waals surface area (Å²) in [5.74, 6) is 0.401. The van der Waals surface area contributed by atoms with Gasteiger partial charge in [-0.05, 0) is 12.1 Å². The first-order valence-corrected chi connectivity index (χ1v) is 4.19. The third-order valence-electron chi connectivity index (χ3n) is 2.11. The van der Waals surface area contributed by atoms with Crippen molar-refractivity contribution < 1.29 is 0 Å². The van der Waals surface area contributed by atoms with Crippen LogP contribution in [0, 0.1) is 0 Å². The lowest BCUT2D eigenvalue weighted by atomic mass is 10.2. The van der Waals surface area contributed by atoms with Crippen molar-refractivity contribution in [3.05, 3.63) is 24.5 Å². The molecule has 0 radical (unpaired) electrons. The summed E-state index contributed by atoms with van der Waals surface area (Å²) in [5.41, 5.74) is 8.82. The molecule has 0 aliphatic heterocycles. The Morgan fingerprint density at radius 2 is 1.93 bits per heavy atom. The first kappa shape index (κ1) is 7.25. The van der Waals surface area contributed by atoms with Gasteiger partial charge < -0.3 is 10.7 Å². The van der Waals surface area contributed by atoms with Gasteiger partial charge in [-0.15, -0.1) is 0 Å². The molecule has 0 spiro atoms. The average molecular weight is 185 g/mol. The highest BCUT2D eigenvalue weighted by Gasteiger charge is 2.05. The van der Waals surface area contributed by atoms with Gasteiger partial charge in [0.05, 0.1) is 11.0 Å². The van der Waals surface area contributed by atoms with Crippen LogP contribution in [0.2, 0.25) is 0 Å². The second-order valence-electron chi connectivity index (χ2n) is 3.01. The molecule has 5 nitrogen and oxygen atoms in total. The predicted molar refractivity (Wildman–Crippen MR) is 53.6 cm³/mol. The molecule has 14 heavy (non-hydrogen) atoms. The zero-order valence-electron chi connectivity index (χ0n) is 7.23. The molecule has 0 fully saturated rings. The molecule has 0 bridgehead atoms. The molecule has 68 valence electrons. The lowest BCUT2D eigenvalue weighted by molar-refractivity contribution is 1.30. The highest BCUT2D eigenvalue weighted by atomic mass is 15.0. The molecule has 0 saturated carbocycles. The van der Waals surface area contributed by atoms with E-state index in [2.05, 4.69) is 19.9 Å². The highest BCUT2D eigenvalue weighted by Crippen LogP contribution is 2.20. The van der Waals surface area contributed by atoms with Crippen molar-refractivity contribution in [1.29, 1.82) is 0 Å². The predicted octanol–water partition coefficient (Wildman–Crippen LogP) is 1.09. The van der Waals surface area contributed by atoms with Crippen LogP contribution in [0.15, 0.2) is 24.5 Å². The Morgan fingerprint density at radius 3 is 2.86 bits per heavy atom. The first-order valence-electron chi connectivity index (χ1n) is 4.19. The van der Waals surface area contributed by atoms with Crippen molar-refractivity contribution in [3.63, 3.8) is 0 Å². The van der Waals surface area contributed by atoms with E-state index in [9.17, 15) is 0 Å². The van der Waals surface area contributed by atoms with Crippen LogP contribution in [0.4, 0.5) is 5.95 Å². The monoisotopic (exact) mass is 185 g/mol. The third-order valence-corrected chi connectivity index (χ3v) is 2.11. The van der Waals surface area contributed by atoms with E-state index in [1.807, 2.05) is 12.1 Å². The van der Waals surface area contributed by atoms with Crippen molar-refractivity contribution in [2.24, 2.45) is 0 Å². The van der Waals surface area contributed by atoms with Gasteiger partial charge in [0.1, 0.15) is 11.0 Å². The quantitative estimate of drug-likeness (QED) is 0.549. The van der Waals surface area contributed by atoms with Gasteiger partial charge >= 0.3 is 0 Å². The van der Waals surface area contributed by atoms with Gasteiger partial charge in [-0.1, -0.05) is 0 Å². The van der Waals surface area contributed by atoms with Gasteiger partial charge in [0.15, 0.2) is 5.95 Å². The molecule has 0 amide bonds. The third kappa shape index (κ3) is 0.861. The maximum absolute atomic E-state index is 5.57. The van der Waals surface area contributed by atoms with Gasteiger partial charge in [0.2, 0.25) is 0 Å². The summed E-state index contributed by atoms with van der Waals surface area (Å²) < 4.78 is 0. The largest absolute Gasteiger partial charge is 0.369 e. The molecule has 3 N–H and O–H groups in total. The fraction of sp³-hybridized carbons (Fsp3) is 0. The summed E-state index contributed by atoms with van der Waals surface area (Å²) in [4.78, 5) is 15.5. The van der Waals surface area contributed by atoms with Crippen LogP contribution in [0.25, 0.3) is 22.1 Å². The van der Waals surface area contributed by atoms with Crippen molar-refractivity contribution in [3.8, 4) is 0 Å². The van der Waals surface area contributed by atoms with Gasteiger partial charge in [-0.3, -0.25) is 9.97 Å². The summed E-state index contributed by atoms with van der Waals surface area (Å²) in [5, 5.41) is 0. The number of nitrogens with zero attached hydrogens (tertiary/aromatic N) is 3. The maximum Gasteiger partial charge on any atom is 0.198 e. The summed E-state index contributed by atoms with van der Waals surface area (Å²) in [6.45, 7) is 0. The molecule has 0 atom stereocenters. The molecular formula is C9H7N5. The summed E-state index contributed by atoms with van der Waals surface area (Å²) >= 11 is 0. The lowest BCUT2D eigenvalue weighted by Gasteiger charge is -1.94.